The molecule has 0 radical (unpaired) electrons. The Balaban J connectivity index is 1.23. The quantitative estimate of drug-likeness (QED) is 0.356. The predicted octanol–water partition coefficient (Wildman–Crippen LogP) is 3.54. The first-order valence-corrected chi connectivity index (χ1v) is 13.5. The van der Waals surface area contributed by atoms with Crippen LogP contribution in [0.2, 0.25) is 0 Å². The molecule has 4 aromatic rings. The molecule has 0 aliphatic carbocycles. The van der Waals surface area contributed by atoms with Gasteiger partial charge in [-0.15, -0.1) is 0 Å². The summed E-state index contributed by atoms with van der Waals surface area (Å²) >= 11 is 0. The number of carbonyl (C=O) groups is 2. The fourth-order valence-electron chi connectivity index (χ4n) is 6.70. The van der Waals surface area contributed by atoms with Crippen LogP contribution < -0.4 is 0 Å². The second-order valence-corrected chi connectivity index (χ2v) is 10.9. The molecule has 198 valence electrons. The number of hydrogen-bond donors (Lipinski definition) is 3. The summed E-state index contributed by atoms with van der Waals surface area (Å²) in [5.74, 6) is -0.612. The van der Waals surface area contributed by atoms with Crippen LogP contribution in [0.25, 0.3) is 10.9 Å². The first-order chi connectivity index (χ1) is 19.0. The number of nitrogens with zero attached hydrogens (tertiary/aromatic N) is 3. The highest BCUT2D eigenvalue weighted by Crippen LogP contribution is 2.44. The van der Waals surface area contributed by atoms with Crippen molar-refractivity contribution in [3.63, 3.8) is 0 Å². The molecule has 39 heavy (non-hydrogen) atoms. The lowest BCUT2D eigenvalue weighted by Crippen LogP contribution is -2.65. The van der Waals surface area contributed by atoms with E-state index in [4.69, 9.17) is 0 Å². The number of aromatic hydroxyl groups is 2. The summed E-state index contributed by atoms with van der Waals surface area (Å²) in [6.07, 6.45) is 1.27. The van der Waals surface area contributed by atoms with E-state index in [1.165, 1.54) is 17.7 Å². The molecule has 3 aliphatic heterocycles. The minimum Gasteiger partial charge on any atom is -0.504 e. The number of amides is 2. The van der Waals surface area contributed by atoms with E-state index >= 15 is 0 Å². The van der Waals surface area contributed by atoms with E-state index in [1.54, 1.807) is 15.9 Å². The van der Waals surface area contributed by atoms with Crippen molar-refractivity contribution >= 4 is 22.7 Å². The van der Waals surface area contributed by atoms with E-state index in [0.29, 0.717) is 12.0 Å². The summed E-state index contributed by atoms with van der Waals surface area (Å²) in [7, 11) is 0. The van der Waals surface area contributed by atoms with Crippen molar-refractivity contribution in [1.29, 1.82) is 0 Å². The number of H-pyrrole nitrogens is 1. The van der Waals surface area contributed by atoms with Gasteiger partial charge in [0.1, 0.15) is 12.6 Å². The molecule has 2 saturated heterocycles. The topological polar surface area (TPSA) is 100 Å². The van der Waals surface area contributed by atoms with Gasteiger partial charge in [-0.05, 0) is 41.3 Å². The second-order valence-electron chi connectivity index (χ2n) is 10.9. The Morgan fingerprint density at radius 2 is 1.72 bits per heavy atom. The van der Waals surface area contributed by atoms with E-state index in [1.807, 2.05) is 42.5 Å². The van der Waals surface area contributed by atoms with Crippen molar-refractivity contribution < 1.29 is 19.8 Å². The number of aromatic amines is 1. The number of hydrogen-bond acceptors (Lipinski definition) is 5. The second kappa shape index (κ2) is 9.17. The van der Waals surface area contributed by atoms with Gasteiger partial charge in [0.25, 0.3) is 0 Å². The highest BCUT2D eigenvalue weighted by Gasteiger charge is 2.50. The van der Waals surface area contributed by atoms with Crippen LogP contribution in [0.15, 0.2) is 72.8 Å². The lowest BCUT2D eigenvalue weighted by molar-refractivity contribution is -0.160. The summed E-state index contributed by atoms with van der Waals surface area (Å²) in [6.45, 7) is 2.49. The van der Waals surface area contributed by atoms with Crippen LogP contribution in [0.4, 0.5) is 0 Å². The zero-order chi connectivity index (χ0) is 26.7. The van der Waals surface area contributed by atoms with Gasteiger partial charge >= 0.3 is 0 Å². The van der Waals surface area contributed by atoms with Crippen LogP contribution in [0, 0.1) is 0 Å². The fraction of sp³-hybridized carbons (Fsp3) is 0.290. The zero-order valence-corrected chi connectivity index (χ0v) is 21.5. The summed E-state index contributed by atoms with van der Waals surface area (Å²) in [5, 5.41) is 21.3. The first kappa shape index (κ1) is 23.8. The number of rotatable bonds is 4. The third kappa shape index (κ3) is 3.94. The number of fused-ring (bicyclic) bond motifs is 4. The van der Waals surface area contributed by atoms with Crippen LogP contribution in [0.5, 0.6) is 11.5 Å². The Labute approximate surface area is 226 Å². The average Bonchev–Trinajstić information content (AvgIpc) is 3.56. The summed E-state index contributed by atoms with van der Waals surface area (Å²) in [4.78, 5) is 37.3. The van der Waals surface area contributed by atoms with Crippen LogP contribution in [0.1, 0.15) is 34.8 Å². The molecular weight excluding hydrogens is 492 g/mol. The summed E-state index contributed by atoms with van der Waals surface area (Å²) < 4.78 is 0. The molecule has 3 N–H and O–H groups in total. The molecule has 0 saturated carbocycles. The number of aromatic nitrogens is 1. The third-order valence-electron chi connectivity index (χ3n) is 8.55. The monoisotopic (exact) mass is 522 g/mol. The molecule has 3 atom stereocenters. The van der Waals surface area contributed by atoms with E-state index in [-0.39, 0.29) is 35.9 Å². The van der Waals surface area contributed by atoms with Gasteiger partial charge in [-0.3, -0.25) is 14.5 Å². The molecule has 0 bridgehead atoms. The van der Waals surface area contributed by atoms with E-state index < -0.39 is 12.1 Å². The molecule has 7 rings (SSSR count). The average molecular weight is 523 g/mol. The highest BCUT2D eigenvalue weighted by molar-refractivity contribution is 5.98. The molecular formula is C31H30N4O4. The van der Waals surface area contributed by atoms with E-state index in [9.17, 15) is 19.8 Å². The van der Waals surface area contributed by atoms with Crippen molar-refractivity contribution in [2.24, 2.45) is 0 Å². The van der Waals surface area contributed by atoms with Gasteiger partial charge in [0.2, 0.25) is 11.8 Å². The number of para-hydroxylation sites is 1. The van der Waals surface area contributed by atoms with Crippen molar-refractivity contribution in [2.75, 3.05) is 19.6 Å². The largest absolute Gasteiger partial charge is 0.504 e. The molecule has 0 spiro atoms. The third-order valence-corrected chi connectivity index (χ3v) is 8.55. The Morgan fingerprint density at radius 1 is 0.923 bits per heavy atom. The summed E-state index contributed by atoms with van der Waals surface area (Å²) in [5.41, 5.74) is 4.70. The normalized spacial score (nSPS) is 23.3. The maximum absolute atomic E-state index is 14.1. The molecule has 2 fully saturated rings. The van der Waals surface area contributed by atoms with Gasteiger partial charge in [0.05, 0.1) is 6.04 Å². The lowest BCUT2D eigenvalue weighted by Gasteiger charge is -2.48. The molecule has 8 nitrogen and oxygen atoms in total. The van der Waals surface area contributed by atoms with Gasteiger partial charge in [0.15, 0.2) is 11.5 Å². The van der Waals surface area contributed by atoms with Gasteiger partial charge < -0.3 is 25.0 Å². The number of piperazine rings is 1. The number of likely N-dealkylation sites (tertiary alicyclic amines) is 1. The molecule has 3 aliphatic rings. The number of nitrogens with one attached hydrogen (secondary N) is 1. The smallest absolute Gasteiger partial charge is 0.246 e. The van der Waals surface area contributed by atoms with Crippen LogP contribution in [0.3, 0.4) is 0 Å². The number of carbonyl (C=O) groups excluding carboxylic acids is 2. The fourth-order valence-corrected chi connectivity index (χ4v) is 6.70. The number of phenolic OH excluding ortho intramolecular Hbond substituents is 2. The van der Waals surface area contributed by atoms with Crippen molar-refractivity contribution in [2.45, 2.75) is 37.5 Å². The van der Waals surface area contributed by atoms with Gasteiger partial charge in [-0.25, -0.2) is 0 Å². The maximum atomic E-state index is 14.1. The van der Waals surface area contributed by atoms with Crippen molar-refractivity contribution in [3.8, 4) is 11.5 Å². The first-order valence-electron chi connectivity index (χ1n) is 13.5. The molecule has 3 aromatic carbocycles. The van der Waals surface area contributed by atoms with Crippen LogP contribution in [-0.4, -0.2) is 73.4 Å². The summed E-state index contributed by atoms with van der Waals surface area (Å²) in [6, 6.07) is 21.7. The number of benzene rings is 3. The molecule has 4 heterocycles. The lowest BCUT2D eigenvalue weighted by atomic mass is 9.85. The Kier molecular flexibility index (Phi) is 5.59. The van der Waals surface area contributed by atoms with Crippen molar-refractivity contribution in [3.05, 3.63) is 95.2 Å². The Morgan fingerprint density at radius 3 is 2.54 bits per heavy atom. The van der Waals surface area contributed by atoms with E-state index in [2.05, 4.69) is 22.0 Å². The Hall–Kier alpha value is -4.30. The maximum Gasteiger partial charge on any atom is 0.246 e. The SMILES string of the molecule is O=C1[C@H]2Cc3c([nH]c4ccccc34)[C@@H](c3ccc(O)c(O)c3)N2C(=O)CN1[C@@H]1CCN(Cc2ccccc2)C1. The van der Waals surface area contributed by atoms with E-state index in [0.717, 1.165) is 48.2 Å². The Bertz CT molecular complexity index is 1580. The minimum absolute atomic E-state index is 0.00663. The van der Waals surface area contributed by atoms with Crippen LogP contribution >= 0.6 is 0 Å². The minimum atomic E-state index is -0.637. The van der Waals surface area contributed by atoms with Gasteiger partial charge in [-0.1, -0.05) is 54.6 Å². The van der Waals surface area contributed by atoms with Gasteiger partial charge in [-0.2, -0.15) is 0 Å². The van der Waals surface area contributed by atoms with Gasteiger partial charge in [0, 0.05) is 48.7 Å². The predicted molar refractivity (Wildman–Crippen MR) is 146 cm³/mol. The molecule has 8 heteroatoms. The standard InChI is InChI=1S/C31H30N4O4/c36-26-11-10-20(14-27(26)37)30-29-23(22-8-4-5-9-24(22)32-29)15-25-31(39)34(18-28(38)35(25)30)21-12-13-33(17-21)16-19-6-2-1-3-7-19/h1-11,14,21,25,30,32,36-37H,12-13,15-18H2/t21-,25-,30-/m1/s1. The van der Waals surface area contributed by atoms with Crippen molar-refractivity contribution in [1.82, 2.24) is 19.7 Å². The highest BCUT2D eigenvalue weighted by atomic mass is 16.3. The number of phenols is 2. The molecule has 1 aromatic heterocycles. The van der Waals surface area contributed by atoms with Crippen LogP contribution in [-0.2, 0) is 22.6 Å². The molecule has 0 unspecified atom stereocenters. The molecule has 2 amide bonds. The zero-order valence-electron chi connectivity index (χ0n) is 21.5.